The van der Waals surface area contributed by atoms with Gasteiger partial charge in [-0.25, -0.2) is 8.42 Å². The Bertz CT molecular complexity index is 771. The predicted octanol–water partition coefficient (Wildman–Crippen LogP) is 0.0734. The molecular weight excluding hydrogens is 294 g/mol. The Morgan fingerprint density at radius 1 is 1.33 bits per heavy atom. The van der Waals surface area contributed by atoms with Gasteiger partial charge >= 0.3 is 0 Å². The molecule has 0 aliphatic carbocycles. The summed E-state index contributed by atoms with van der Waals surface area (Å²) in [5.74, 6) is 0.893. The van der Waals surface area contributed by atoms with Crippen molar-refractivity contribution in [2.45, 2.75) is 18.0 Å². The average molecular weight is 309 g/mol. The van der Waals surface area contributed by atoms with Crippen LogP contribution >= 0.6 is 0 Å². The maximum atomic E-state index is 12.8. The molecule has 0 amide bonds. The molecule has 9 heteroatoms. The summed E-state index contributed by atoms with van der Waals surface area (Å²) < 4.78 is 33.9. The fourth-order valence-corrected chi connectivity index (χ4v) is 3.86. The molecule has 0 saturated heterocycles. The number of nitrogen functional groups attached to an aromatic ring is 1. The van der Waals surface area contributed by atoms with E-state index in [1.54, 1.807) is 18.5 Å². The summed E-state index contributed by atoms with van der Waals surface area (Å²) in [6.45, 7) is 1.05. The molecule has 1 aliphatic rings. The van der Waals surface area contributed by atoms with Gasteiger partial charge in [-0.05, 0) is 18.2 Å². The molecule has 8 nitrogen and oxygen atoms in total. The van der Waals surface area contributed by atoms with Crippen LogP contribution in [0, 0.1) is 0 Å². The number of benzene rings is 1. The highest BCUT2D eigenvalue weighted by Crippen LogP contribution is 2.30. The van der Waals surface area contributed by atoms with Gasteiger partial charge in [-0.1, -0.05) is 0 Å². The van der Waals surface area contributed by atoms with Gasteiger partial charge < -0.3 is 15.0 Å². The second kappa shape index (κ2) is 5.01. The summed E-state index contributed by atoms with van der Waals surface area (Å²) in [5.41, 5.74) is 6.07. The first-order valence-electron chi connectivity index (χ1n) is 6.32. The van der Waals surface area contributed by atoms with Gasteiger partial charge in [-0.3, -0.25) is 0 Å². The second-order valence-electron chi connectivity index (χ2n) is 4.69. The lowest BCUT2D eigenvalue weighted by molar-refractivity contribution is 0.332. The van der Waals surface area contributed by atoms with Crippen LogP contribution in [0.4, 0.5) is 5.69 Å². The molecular formula is C12H15N5O3S. The molecule has 0 unspecified atom stereocenters. The van der Waals surface area contributed by atoms with E-state index in [0.29, 0.717) is 24.6 Å². The van der Waals surface area contributed by atoms with Crippen molar-refractivity contribution in [3.63, 3.8) is 0 Å². The number of nitrogens with two attached hydrogens (primary N) is 1. The molecule has 0 radical (unpaired) electrons. The molecule has 0 bridgehead atoms. The second-order valence-corrected chi connectivity index (χ2v) is 6.60. The molecule has 0 atom stereocenters. The van der Waals surface area contributed by atoms with Crippen LogP contribution in [0.25, 0.3) is 0 Å². The van der Waals surface area contributed by atoms with Crippen LogP contribution in [0.15, 0.2) is 29.4 Å². The first kappa shape index (κ1) is 13.8. The van der Waals surface area contributed by atoms with Gasteiger partial charge in [0, 0.05) is 18.8 Å². The van der Waals surface area contributed by atoms with E-state index in [-0.39, 0.29) is 17.2 Å². The highest BCUT2D eigenvalue weighted by molar-refractivity contribution is 7.89. The number of methoxy groups -OCH3 is 1. The van der Waals surface area contributed by atoms with Crippen molar-refractivity contribution in [1.29, 1.82) is 0 Å². The van der Waals surface area contributed by atoms with Crippen molar-refractivity contribution in [3.05, 3.63) is 30.4 Å². The molecule has 2 N–H and O–H groups in total. The number of aromatic nitrogens is 3. The van der Waals surface area contributed by atoms with Gasteiger partial charge in [0.15, 0.2) is 0 Å². The summed E-state index contributed by atoms with van der Waals surface area (Å²) in [5, 5.41) is 7.71. The first-order valence-corrected chi connectivity index (χ1v) is 7.77. The molecule has 0 saturated carbocycles. The number of ether oxygens (including phenoxy) is 1. The van der Waals surface area contributed by atoms with E-state index in [1.807, 2.05) is 4.57 Å². The van der Waals surface area contributed by atoms with Gasteiger partial charge in [0.25, 0.3) is 0 Å². The average Bonchev–Trinajstić information content (AvgIpc) is 2.94. The summed E-state index contributed by atoms with van der Waals surface area (Å²) in [4.78, 5) is 0.0676. The minimum atomic E-state index is -3.70. The summed E-state index contributed by atoms with van der Waals surface area (Å²) in [7, 11) is -2.27. The molecule has 0 fully saturated rings. The van der Waals surface area contributed by atoms with Gasteiger partial charge in [0.2, 0.25) is 10.0 Å². The molecule has 1 aliphatic heterocycles. The molecule has 1 aromatic heterocycles. The molecule has 0 spiro atoms. The number of rotatable bonds is 3. The quantitative estimate of drug-likeness (QED) is 0.805. The van der Waals surface area contributed by atoms with Crippen LogP contribution in [0.3, 0.4) is 0 Å². The molecule has 3 rings (SSSR count). The summed E-state index contributed by atoms with van der Waals surface area (Å²) in [6, 6.07) is 4.56. The lowest BCUT2D eigenvalue weighted by Gasteiger charge is -2.27. The lowest BCUT2D eigenvalue weighted by Crippen LogP contribution is -2.38. The Morgan fingerprint density at radius 2 is 2.14 bits per heavy atom. The van der Waals surface area contributed by atoms with Gasteiger partial charge in [0.1, 0.15) is 22.8 Å². The van der Waals surface area contributed by atoms with Crippen LogP contribution < -0.4 is 10.5 Å². The van der Waals surface area contributed by atoms with Crippen molar-refractivity contribution in [2.75, 3.05) is 19.4 Å². The van der Waals surface area contributed by atoms with Crippen LogP contribution in [-0.2, 0) is 23.1 Å². The minimum absolute atomic E-state index is 0.0676. The normalized spacial score (nSPS) is 15.7. The van der Waals surface area contributed by atoms with Gasteiger partial charge in [-0.15, -0.1) is 10.2 Å². The number of sulfonamides is 1. The fourth-order valence-electron chi connectivity index (χ4n) is 2.28. The predicted molar refractivity (Wildman–Crippen MR) is 75.0 cm³/mol. The van der Waals surface area contributed by atoms with Crippen LogP contribution in [0.1, 0.15) is 5.82 Å². The van der Waals surface area contributed by atoms with E-state index in [1.165, 1.54) is 17.5 Å². The number of fused-ring (bicyclic) bond motifs is 1. The molecule has 2 aromatic rings. The number of anilines is 1. The van der Waals surface area contributed by atoms with Crippen molar-refractivity contribution in [3.8, 4) is 5.75 Å². The third-order valence-corrected chi connectivity index (χ3v) is 5.28. The largest absolute Gasteiger partial charge is 0.495 e. The number of hydrogen-bond donors (Lipinski definition) is 1. The summed E-state index contributed by atoms with van der Waals surface area (Å²) >= 11 is 0. The third-order valence-electron chi connectivity index (χ3n) is 3.41. The van der Waals surface area contributed by atoms with E-state index in [4.69, 9.17) is 10.5 Å². The van der Waals surface area contributed by atoms with Gasteiger partial charge in [-0.2, -0.15) is 4.31 Å². The van der Waals surface area contributed by atoms with E-state index in [0.717, 1.165) is 0 Å². The molecule has 112 valence electrons. The van der Waals surface area contributed by atoms with E-state index in [9.17, 15) is 8.42 Å². The van der Waals surface area contributed by atoms with Crippen LogP contribution in [-0.4, -0.2) is 41.1 Å². The van der Waals surface area contributed by atoms with Crippen molar-refractivity contribution in [2.24, 2.45) is 0 Å². The smallest absolute Gasteiger partial charge is 0.247 e. The Kier molecular flexibility index (Phi) is 3.30. The molecule has 1 aromatic carbocycles. The SMILES string of the molecule is COc1ccc(N)cc1S(=O)(=O)N1CCn2cnnc2C1. The van der Waals surface area contributed by atoms with E-state index < -0.39 is 10.0 Å². The Hall–Kier alpha value is -2.13. The zero-order valence-corrected chi connectivity index (χ0v) is 12.2. The lowest BCUT2D eigenvalue weighted by atomic mass is 10.3. The number of nitrogens with zero attached hydrogens (tertiary/aromatic N) is 4. The Balaban J connectivity index is 2.00. The van der Waals surface area contributed by atoms with Crippen molar-refractivity contribution >= 4 is 15.7 Å². The van der Waals surface area contributed by atoms with Crippen molar-refractivity contribution in [1.82, 2.24) is 19.1 Å². The first-order chi connectivity index (χ1) is 10.0. The maximum Gasteiger partial charge on any atom is 0.247 e. The Labute approximate surface area is 122 Å². The monoisotopic (exact) mass is 309 g/mol. The molecule has 21 heavy (non-hydrogen) atoms. The zero-order chi connectivity index (χ0) is 15.0. The highest BCUT2D eigenvalue weighted by atomic mass is 32.2. The van der Waals surface area contributed by atoms with Crippen molar-refractivity contribution < 1.29 is 13.2 Å². The maximum absolute atomic E-state index is 12.8. The Morgan fingerprint density at radius 3 is 2.90 bits per heavy atom. The minimum Gasteiger partial charge on any atom is -0.495 e. The number of hydrogen-bond acceptors (Lipinski definition) is 6. The molecule has 2 heterocycles. The fraction of sp³-hybridized carbons (Fsp3) is 0.333. The van der Waals surface area contributed by atoms with Gasteiger partial charge in [0.05, 0.1) is 13.7 Å². The summed E-state index contributed by atoms with van der Waals surface area (Å²) in [6.07, 6.45) is 1.60. The van der Waals surface area contributed by atoms with E-state index >= 15 is 0 Å². The van der Waals surface area contributed by atoms with E-state index in [2.05, 4.69) is 10.2 Å². The highest BCUT2D eigenvalue weighted by Gasteiger charge is 2.31. The topological polar surface area (TPSA) is 103 Å². The van der Waals surface area contributed by atoms with Crippen LogP contribution in [0.2, 0.25) is 0 Å². The third kappa shape index (κ3) is 2.34. The zero-order valence-electron chi connectivity index (χ0n) is 11.4. The standard InChI is InChI=1S/C12H15N5O3S/c1-20-10-3-2-9(13)6-11(10)21(18,19)17-5-4-16-8-14-15-12(16)7-17/h2-3,6,8H,4-5,7,13H2,1H3. The van der Waals surface area contributed by atoms with Crippen LogP contribution in [0.5, 0.6) is 5.75 Å².